The fourth-order valence-electron chi connectivity index (χ4n) is 2.48. The lowest BCUT2D eigenvalue weighted by Crippen LogP contribution is -2.28. The molecule has 0 aliphatic rings. The van der Waals surface area contributed by atoms with Crippen LogP contribution in [-0.4, -0.2) is 33.2 Å². The molecule has 7 nitrogen and oxygen atoms in total. The zero-order chi connectivity index (χ0) is 17.6. The van der Waals surface area contributed by atoms with Crippen LogP contribution in [0.1, 0.15) is 24.4 Å². The van der Waals surface area contributed by atoms with Gasteiger partial charge in [-0.05, 0) is 25.1 Å². The summed E-state index contributed by atoms with van der Waals surface area (Å²) < 4.78 is 5.27. The molecule has 0 bridgehead atoms. The largest absolute Gasteiger partial charge is 0.496 e. The van der Waals surface area contributed by atoms with Crippen molar-refractivity contribution in [2.45, 2.75) is 19.4 Å². The molecule has 3 aromatic rings. The van der Waals surface area contributed by atoms with E-state index in [4.69, 9.17) is 4.74 Å². The van der Waals surface area contributed by atoms with E-state index in [2.05, 4.69) is 25.5 Å². The van der Waals surface area contributed by atoms with Crippen molar-refractivity contribution >= 4 is 5.91 Å². The topological polar surface area (TPSA) is 92.8 Å². The van der Waals surface area contributed by atoms with E-state index >= 15 is 0 Å². The Morgan fingerprint density at radius 1 is 1.24 bits per heavy atom. The molecule has 0 fully saturated rings. The van der Waals surface area contributed by atoms with E-state index in [0.717, 1.165) is 11.1 Å². The van der Waals surface area contributed by atoms with Crippen LogP contribution in [-0.2, 0) is 11.2 Å². The average Bonchev–Trinajstić information content (AvgIpc) is 3.13. The Labute approximate surface area is 145 Å². The summed E-state index contributed by atoms with van der Waals surface area (Å²) in [5.41, 5.74) is 1.70. The second-order valence-electron chi connectivity index (χ2n) is 5.56. The summed E-state index contributed by atoms with van der Waals surface area (Å²) in [5, 5.41) is 9.99. The third-order valence-electron chi connectivity index (χ3n) is 3.77. The maximum atomic E-state index is 12.3. The molecule has 3 rings (SSSR count). The van der Waals surface area contributed by atoms with Crippen molar-refractivity contribution in [1.82, 2.24) is 25.5 Å². The zero-order valence-electron chi connectivity index (χ0n) is 14.1. The molecular weight excluding hydrogens is 318 g/mol. The second-order valence-corrected chi connectivity index (χ2v) is 5.56. The van der Waals surface area contributed by atoms with Gasteiger partial charge in [0.15, 0.2) is 5.82 Å². The Balaban J connectivity index is 1.65. The van der Waals surface area contributed by atoms with Crippen molar-refractivity contribution in [2.75, 3.05) is 7.11 Å². The Bertz CT molecular complexity index is 847. The van der Waals surface area contributed by atoms with Crippen molar-refractivity contribution in [3.63, 3.8) is 0 Å². The van der Waals surface area contributed by atoms with Crippen LogP contribution in [0.4, 0.5) is 0 Å². The van der Waals surface area contributed by atoms with Gasteiger partial charge in [-0.3, -0.25) is 14.9 Å². The average molecular weight is 337 g/mol. The van der Waals surface area contributed by atoms with E-state index in [1.807, 2.05) is 43.3 Å². The molecule has 0 unspecified atom stereocenters. The van der Waals surface area contributed by atoms with Crippen LogP contribution >= 0.6 is 0 Å². The number of methoxy groups -OCH3 is 1. The lowest BCUT2D eigenvalue weighted by Gasteiger charge is -2.12. The monoisotopic (exact) mass is 337 g/mol. The minimum Gasteiger partial charge on any atom is -0.496 e. The predicted octanol–water partition coefficient (Wildman–Crippen LogP) is 2.30. The molecule has 0 aliphatic heterocycles. The number of hydrogen-bond donors (Lipinski definition) is 2. The summed E-state index contributed by atoms with van der Waals surface area (Å²) in [6.07, 6.45) is 3.60. The number of nitrogens with one attached hydrogen (secondary N) is 2. The lowest BCUT2D eigenvalue weighted by atomic mass is 10.1. The van der Waals surface area contributed by atoms with Gasteiger partial charge < -0.3 is 10.1 Å². The number of ether oxygens (including phenoxy) is 1. The highest BCUT2D eigenvalue weighted by Gasteiger charge is 2.16. The number of benzene rings is 1. The minimum absolute atomic E-state index is 0.112. The van der Waals surface area contributed by atoms with E-state index < -0.39 is 0 Å². The van der Waals surface area contributed by atoms with Crippen LogP contribution < -0.4 is 10.1 Å². The predicted molar refractivity (Wildman–Crippen MR) is 92.9 cm³/mol. The fourth-order valence-corrected chi connectivity index (χ4v) is 2.48. The number of hydrogen-bond acceptors (Lipinski definition) is 5. The third kappa shape index (κ3) is 4.00. The van der Waals surface area contributed by atoms with Crippen LogP contribution in [0, 0.1) is 0 Å². The number of aromatic nitrogens is 4. The summed E-state index contributed by atoms with van der Waals surface area (Å²) in [4.78, 5) is 20.7. The van der Waals surface area contributed by atoms with Crippen LogP contribution in [0.2, 0.25) is 0 Å². The van der Waals surface area contributed by atoms with Gasteiger partial charge in [-0.1, -0.05) is 18.2 Å². The number of carbonyl (C=O) groups excluding carboxylic acids is 1. The molecule has 0 saturated carbocycles. The van der Waals surface area contributed by atoms with Crippen molar-refractivity contribution in [1.29, 1.82) is 0 Å². The molecule has 1 aromatic carbocycles. The molecule has 0 saturated heterocycles. The second kappa shape index (κ2) is 7.57. The molecule has 0 aliphatic carbocycles. The maximum absolute atomic E-state index is 12.3. The van der Waals surface area contributed by atoms with Crippen LogP contribution in [0.5, 0.6) is 5.75 Å². The van der Waals surface area contributed by atoms with Gasteiger partial charge in [-0.15, -0.1) is 0 Å². The Morgan fingerprint density at radius 3 is 2.76 bits per heavy atom. The molecule has 0 radical (unpaired) electrons. The van der Waals surface area contributed by atoms with Gasteiger partial charge in [0.05, 0.1) is 19.6 Å². The molecule has 128 valence electrons. The lowest BCUT2D eigenvalue weighted by molar-refractivity contribution is -0.121. The van der Waals surface area contributed by atoms with Crippen LogP contribution in [0.3, 0.4) is 0 Å². The van der Waals surface area contributed by atoms with E-state index in [1.165, 1.54) is 0 Å². The van der Waals surface area contributed by atoms with Gasteiger partial charge in [0.25, 0.3) is 0 Å². The summed E-state index contributed by atoms with van der Waals surface area (Å²) in [6, 6.07) is 10.8. The Kier molecular flexibility index (Phi) is 5.03. The smallest absolute Gasteiger partial charge is 0.225 e. The fraction of sp³-hybridized carbons (Fsp3) is 0.222. The third-order valence-corrected chi connectivity index (χ3v) is 3.77. The highest BCUT2D eigenvalue weighted by atomic mass is 16.5. The molecule has 0 spiro atoms. The van der Waals surface area contributed by atoms with Crippen LogP contribution in [0.15, 0.2) is 48.8 Å². The Hall–Kier alpha value is -3.22. The van der Waals surface area contributed by atoms with E-state index in [9.17, 15) is 4.79 Å². The SMILES string of the molecule is COc1ccccc1CC(=O)N[C@H](C)c1nc(-c2ccncc2)n[nH]1. The van der Waals surface area contributed by atoms with Gasteiger partial charge in [0.2, 0.25) is 5.91 Å². The number of nitrogens with zero attached hydrogens (tertiary/aromatic N) is 3. The van der Waals surface area contributed by atoms with E-state index in [-0.39, 0.29) is 18.4 Å². The first-order chi connectivity index (χ1) is 12.2. The molecule has 2 heterocycles. The standard InChI is InChI=1S/C18H19N5O2/c1-12(17-21-18(23-22-17)13-7-9-19-10-8-13)20-16(24)11-14-5-3-4-6-15(14)25-2/h3-10,12H,11H2,1-2H3,(H,20,24)(H,21,22,23)/t12-/m1/s1. The Morgan fingerprint density at radius 2 is 2.00 bits per heavy atom. The zero-order valence-corrected chi connectivity index (χ0v) is 14.1. The molecule has 1 amide bonds. The van der Waals surface area contributed by atoms with Gasteiger partial charge in [-0.2, -0.15) is 5.10 Å². The van der Waals surface area contributed by atoms with Gasteiger partial charge in [0, 0.05) is 23.5 Å². The number of rotatable bonds is 6. The van der Waals surface area contributed by atoms with E-state index in [1.54, 1.807) is 19.5 Å². The van der Waals surface area contributed by atoms with Crippen LogP contribution in [0.25, 0.3) is 11.4 Å². The number of amides is 1. The van der Waals surface area contributed by atoms with Gasteiger partial charge in [-0.25, -0.2) is 4.98 Å². The first kappa shape index (κ1) is 16.6. The van der Waals surface area contributed by atoms with Crippen molar-refractivity contribution in [3.05, 3.63) is 60.2 Å². The highest BCUT2D eigenvalue weighted by Crippen LogP contribution is 2.19. The quantitative estimate of drug-likeness (QED) is 0.720. The van der Waals surface area contributed by atoms with Crippen molar-refractivity contribution in [3.8, 4) is 17.1 Å². The maximum Gasteiger partial charge on any atom is 0.225 e. The number of H-pyrrole nitrogens is 1. The highest BCUT2D eigenvalue weighted by molar-refractivity contribution is 5.79. The molecule has 2 aromatic heterocycles. The summed E-state index contributed by atoms with van der Waals surface area (Å²) in [7, 11) is 1.59. The van der Waals surface area contributed by atoms with Crippen molar-refractivity contribution < 1.29 is 9.53 Å². The summed E-state index contributed by atoms with van der Waals surface area (Å²) in [6.45, 7) is 1.86. The number of pyridine rings is 1. The normalized spacial score (nSPS) is 11.8. The van der Waals surface area contributed by atoms with Gasteiger partial charge in [0.1, 0.15) is 11.6 Å². The molecule has 7 heteroatoms. The number of aromatic amines is 1. The van der Waals surface area contributed by atoms with Crippen molar-refractivity contribution in [2.24, 2.45) is 0 Å². The first-order valence-corrected chi connectivity index (χ1v) is 7.91. The summed E-state index contributed by atoms with van der Waals surface area (Å²) >= 11 is 0. The number of para-hydroxylation sites is 1. The number of carbonyl (C=O) groups is 1. The summed E-state index contributed by atoms with van der Waals surface area (Å²) in [5.74, 6) is 1.76. The molecule has 1 atom stereocenters. The molecular formula is C18H19N5O2. The molecule has 2 N–H and O–H groups in total. The first-order valence-electron chi connectivity index (χ1n) is 7.91. The minimum atomic E-state index is -0.287. The van der Waals surface area contributed by atoms with E-state index in [0.29, 0.717) is 17.4 Å². The molecule has 25 heavy (non-hydrogen) atoms. The van der Waals surface area contributed by atoms with Gasteiger partial charge >= 0.3 is 0 Å².